The predicted octanol–water partition coefficient (Wildman–Crippen LogP) is 5.35. The van der Waals surface area contributed by atoms with Crippen molar-refractivity contribution in [1.29, 1.82) is 10.5 Å². The van der Waals surface area contributed by atoms with E-state index in [4.69, 9.17) is 10.7 Å². The molecule has 3 atom stereocenters. The molecule has 3 N–H and O–H groups in total. The lowest BCUT2D eigenvalue weighted by Crippen LogP contribution is -2.59. The minimum Gasteiger partial charge on any atom is -0.386 e. The van der Waals surface area contributed by atoms with E-state index in [9.17, 15) is 10.5 Å². The van der Waals surface area contributed by atoms with Crippen LogP contribution in [0, 0.1) is 33.5 Å². The molecule has 164 valence electrons. The molecule has 0 aliphatic carbocycles. The van der Waals surface area contributed by atoms with Crippen molar-refractivity contribution < 1.29 is 0 Å². The summed E-state index contributed by atoms with van der Waals surface area (Å²) in [6.07, 6.45) is 6.11. The maximum atomic E-state index is 10.8. The first-order valence-electron chi connectivity index (χ1n) is 10.9. The van der Waals surface area contributed by atoms with Crippen LogP contribution >= 0.6 is 23.5 Å². The SMILES string of the molecule is CCCCSC1(SCCCC)N=C(N)[C@@]2(C#N)[C@@H](c3ccccc3)NC(C)=C[C@@]12C#N. The quantitative estimate of drug-likeness (QED) is 0.386. The number of aliphatic imine (C=N–C) groups is 1. The second kappa shape index (κ2) is 9.59. The van der Waals surface area contributed by atoms with Gasteiger partial charge >= 0.3 is 0 Å². The van der Waals surface area contributed by atoms with Crippen LogP contribution in [0.1, 0.15) is 58.1 Å². The number of fused-ring (bicyclic) bond motifs is 1. The van der Waals surface area contributed by atoms with Crippen LogP contribution in [0.5, 0.6) is 0 Å². The number of rotatable bonds is 9. The van der Waals surface area contributed by atoms with Gasteiger partial charge in [0.2, 0.25) is 0 Å². The molecule has 2 aliphatic rings. The van der Waals surface area contributed by atoms with Gasteiger partial charge < -0.3 is 11.1 Å². The fourth-order valence-corrected chi connectivity index (χ4v) is 8.06. The molecule has 7 heteroatoms. The van der Waals surface area contributed by atoms with Crippen molar-refractivity contribution in [1.82, 2.24) is 5.32 Å². The van der Waals surface area contributed by atoms with Crippen LogP contribution in [0.3, 0.4) is 0 Å². The van der Waals surface area contributed by atoms with Crippen LogP contribution in [0.15, 0.2) is 47.1 Å². The molecule has 1 aromatic rings. The van der Waals surface area contributed by atoms with Crippen molar-refractivity contribution in [2.45, 2.75) is 56.7 Å². The Balaban J connectivity index is 2.23. The standard InChI is InChI=1S/C24H31N5S2/c1-4-6-13-30-24(31-14-7-5-2)22(16-25)15-18(3)28-20(19-11-9-8-10-12-19)23(22,17-26)21(27)29-24/h8-12,15,20,28H,4-7,13-14H2,1-3H3,(H2,27,29)/t20-,22+,23-/m1/s1. The van der Waals surface area contributed by atoms with Gasteiger partial charge in [-0.3, -0.25) is 0 Å². The van der Waals surface area contributed by atoms with E-state index < -0.39 is 21.1 Å². The van der Waals surface area contributed by atoms with Crippen LogP contribution in [0.25, 0.3) is 0 Å². The monoisotopic (exact) mass is 453 g/mol. The molecule has 0 saturated carbocycles. The molecule has 3 rings (SSSR count). The van der Waals surface area contributed by atoms with Gasteiger partial charge in [-0.2, -0.15) is 10.5 Å². The zero-order chi connectivity index (χ0) is 22.5. The Morgan fingerprint density at radius 2 is 1.68 bits per heavy atom. The molecule has 1 aromatic carbocycles. The average molecular weight is 454 g/mol. The van der Waals surface area contributed by atoms with E-state index in [0.29, 0.717) is 0 Å². The molecule has 5 nitrogen and oxygen atoms in total. The Labute approximate surface area is 194 Å². The van der Waals surface area contributed by atoms with Crippen molar-refractivity contribution in [3.05, 3.63) is 47.7 Å². The van der Waals surface area contributed by atoms with E-state index in [-0.39, 0.29) is 5.84 Å². The fourth-order valence-electron chi connectivity index (χ4n) is 4.49. The smallest absolute Gasteiger partial charge is 0.178 e. The third-order valence-corrected chi connectivity index (χ3v) is 9.41. The lowest BCUT2D eigenvalue weighted by molar-refractivity contribution is 0.218. The number of hydrogen-bond acceptors (Lipinski definition) is 7. The van der Waals surface area contributed by atoms with E-state index >= 15 is 0 Å². The first-order valence-corrected chi connectivity index (χ1v) is 12.9. The summed E-state index contributed by atoms with van der Waals surface area (Å²) in [4.78, 5) is 5.00. The van der Waals surface area contributed by atoms with Gasteiger partial charge in [0.15, 0.2) is 9.62 Å². The number of unbranched alkanes of at least 4 members (excludes halogenated alkanes) is 2. The highest BCUT2D eigenvalue weighted by Gasteiger charge is 2.75. The summed E-state index contributed by atoms with van der Waals surface area (Å²) in [5.41, 5.74) is 5.98. The Bertz CT molecular complexity index is 920. The number of nitriles is 2. The van der Waals surface area contributed by atoms with Gasteiger partial charge in [-0.25, -0.2) is 4.99 Å². The second-order valence-electron chi connectivity index (χ2n) is 8.14. The van der Waals surface area contributed by atoms with E-state index in [0.717, 1.165) is 48.4 Å². The van der Waals surface area contributed by atoms with Gasteiger partial charge in [0, 0.05) is 5.70 Å². The van der Waals surface area contributed by atoms with Gasteiger partial charge in [0.05, 0.1) is 18.2 Å². The summed E-state index contributed by atoms with van der Waals surface area (Å²) in [5.74, 6) is 2.00. The van der Waals surface area contributed by atoms with Crippen molar-refractivity contribution in [3.8, 4) is 12.1 Å². The average Bonchev–Trinajstić information content (AvgIpc) is 2.99. The normalized spacial score (nSPS) is 28.5. The Kier molecular flexibility index (Phi) is 7.29. The molecule has 2 aliphatic heterocycles. The fraction of sp³-hybridized carbons (Fsp3) is 0.542. The summed E-state index contributed by atoms with van der Waals surface area (Å²) in [5, 5.41) is 24.9. The van der Waals surface area contributed by atoms with Crippen molar-refractivity contribution in [3.63, 3.8) is 0 Å². The third kappa shape index (κ3) is 3.62. The number of nitrogens with one attached hydrogen (secondary N) is 1. The molecule has 0 fully saturated rings. The van der Waals surface area contributed by atoms with E-state index in [1.807, 2.05) is 43.3 Å². The predicted molar refractivity (Wildman–Crippen MR) is 131 cm³/mol. The number of nitrogens with zero attached hydrogens (tertiary/aromatic N) is 3. The van der Waals surface area contributed by atoms with Gasteiger partial charge in [-0.15, -0.1) is 23.5 Å². The molecule has 0 radical (unpaired) electrons. The van der Waals surface area contributed by atoms with Crippen molar-refractivity contribution in [2.75, 3.05) is 11.5 Å². The second-order valence-corrected chi connectivity index (χ2v) is 11.0. The highest BCUT2D eigenvalue weighted by molar-refractivity contribution is 8.18. The molecular weight excluding hydrogens is 422 g/mol. The van der Waals surface area contributed by atoms with Crippen LogP contribution in [-0.2, 0) is 0 Å². The van der Waals surface area contributed by atoms with Gasteiger partial charge in [-0.1, -0.05) is 57.0 Å². The lowest BCUT2D eigenvalue weighted by Gasteiger charge is -2.49. The molecule has 0 aromatic heterocycles. The minimum atomic E-state index is -1.29. The summed E-state index contributed by atoms with van der Waals surface area (Å²) in [7, 11) is 0. The number of amidine groups is 1. The number of thioether (sulfide) groups is 2. The number of allylic oxidation sites excluding steroid dienone is 1. The maximum absolute atomic E-state index is 10.8. The molecule has 2 heterocycles. The Morgan fingerprint density at radius 3 is 2.19 bits per heavy atom. The molecule has 0 unspecified atom stereocenters. The molecule has 0 saturated heterocycles. The largest absolute Gasteiger partial charge is 0.386 e. The van der Waals surface area contributed by atoms with Crippen molar-refractivity contribution >= 4 is 29.4 Å². The minimum absolute atomic E-state index is 0.259. The topological polar surface area (TPSA) is 98.0 Å². The van der Waals surface area contributed by atoms with Crippen LogP contribution < -0.4 is 11.1 Å². The summed E-state index contributed by atoms with van der Waals surface area (Å²) < 4.78 is -0.845. The van der Waals surface area contributed by atoms with Crippen molar-refractivity contribution in [2.24, 2.45) is 21.6 Å². The first kappa shape index (κ1) is 23.6. The van der Waals surface area contributed by atoms with Gasteiger partial charge in [0.1, 0.15) is 11.3 Å². The van der Waals surface area contributed by atoms with E-state index in [2.05, 4.69) is 31.3 Å². The van der Waals surface area contributed by atoms with Crippen LogP contribution in [0.2, 0.25) is 0 Å². The Hall–Kier alpha value is -2.09. The molecule has 31 heavy (non-hydrogen) atoms. The maximum Gasteiger partial charge on any atom is 0.178 e. The number of benzene rings is 1. The van der Waals surface area contributed by atoms with Gasteiger partial charge in [0.25, 0.3) is 0 Å². The van der Waals surface area contributed by atoms with Gasteiger partial charge in [-0.05, 0) is 42.9 Å². The molecule has 0 bridgehead atoms. The molecule has 0 spiro atoms. The highest BCUT2D eigenvalue weighted by atomic mass is 32.2. The third-order valence-electron chi connectivity index (χ3n) is 6.11. The van der Waals surface area contributed by atoms with E-state index in [1.54, 1.807) is 23.5 Å². The summed E-state index contributed by atoms with van der Waals surface area (Å²) in [6.45, 7) is 6.27. The number of nitrogens with two attached hydrogens (primary N) is 1. The molecular formula is C24H31N5S2. The summed E-state index contributed by atoms with van der Waals surface area (Å²) >= 11 is 3.36. The lowest BCUT2D eigenvalue weighted by atomic mass is 9.58. The summed E-state index contributed by atoms with van der Waals surface area (Å²) in [6, 6.07) is 14.5. The molecule has 0 amide bonds. The zero-order valence-electron chi connectivity index (χ0n) is 18.5. The number of hydrogen-bond donors (Lipinski definition) is 2. The zero-order valence-corrected chi connectivity index (χ0v) is 20.2. The Morgan fingerprint density at radius 1 is 1.06 bits per heavy atom. The van der Waals surface area contributed by atoms with Crippen LogP contribution in [0.4, 0.5) is 0 Å². The van der Waals surface area contributed by atoms with Crippen LogP contribution in [-0.4, -0.2) is 21.5 Å². The highest BCUT2D eigenvalue weighted by Crippen LogP contribution is 2.69. The first-order chi connectivity index (χ1) is 15.0. The van der Waals surface area contributed by atoms with E-state index in [1.165, 1.54) is 0 Å².